The minimum Gasteiger partial charge on any atom is -0.455 e. The fourth-order valence-corrected chi connectivity index (χ4v) is 6.18. The van der Waals surface area contributed by atoms with Gasteiger partial charge >= 0.3 is 5.97 Å². The van der Waals surface area contributed by atoms with Crippen molar-refractivity contribution in [3.05, 3.63) is 134 Å². The number of likely N-dealkylation sites (N-methyl/N-ethyl adjacent to an activating group) is 1. The Morgan fingerprint density at radius 2 is 1.53 bits per heavy atom. The highest BCUT2D eigenvalue weighted by atomic mass is 16.6. The maximum Gasteiger partial charge on any atom is 0.337 e. The van der Waals surface area contributed by atoms with Crippen LogP contribution >= 0.6 is 0 Å². The Morgan fingerprint density at radius 3 is 2.09 bits per heavy atom. The molecule has 2 N–H and O–H groups in total. The summed E-state index contributed by atoms with van der Waals surface area (Å²) in [7, 11) is 1.99. The molecule has 0 radical (unpaired) electrons. The van der Waals surface area contributed by atoms with Crippen LogP contribution in [-0.2, 0) is 14.3 Å². The zero-order valence-corrected chi connectivity index (χ0v) is 26.4. The second-order valence-electron chi connectivity index (χ2n) is 12.1. The molecule has 9 heteroatoms. The summed E-state index contributed by atoms with van der Waals surface area (Å²) in [6.45, 7) is 7.46. The van der Waals surface area contributed by atoms with Crippen LogP contribution in [0.2, 0.25) is 0 Å². The summed E-state index contributed by atoms with van der Waals surface area (Å²) >= 11 is 0. The van der Waals surface area contributed by atoms with Crippen LogP contribution < -0.4 is 5.32 Å². The first-order valence-electron chi connectivity index (χ1n) is 15.0. The lowest BCUT2D eigenvalue weighted by Crippen LogP contribution is -2.42. The van der Waals surface area contributed by atoms with Crippen LogP contribution in [0.5, 0.6) is 0 Å². The molecule has 4 rings (SSSR count). The van der Waals surface area contributed by atoms with Crippen molar-refractivity contribution in [3.8, 4) is 0 Å². The number of hydrogen-bond acceptors (Lipinski definition) is 8. The third-order valence-corrected chi connectivity index (χ3v) is 8.06. The molecule has 1 aliphatic rings. The van der Waals surface area contributed by atoms with Gasteiger partial charge in [-0.25, -0.2) is 4.79 Å². The van der Waals surface area contributed by atoms with E-state index in [-0.39, 0.29) is 22.8 Å². The zero-order chi connectivity index (χ0) is 32.7. The number of dihydropyridines is 1. The Bertz CT molecular complexity index is 1560. The molecular weight excluding hydrogens is 570 g/mol. The predicted molar refractivity (Wildman–Crippen MR) is 173 cm³/mol. The van der Waals surface area contributed by atoms with Crippen molar-refractivity contribution < 1.29 is 24.4 Å². The fraction of sp³-hybridized carbons (Fsp3) is 0.333. The minimum atomic E-state index is -0.954. The Hall–Kier alpha value is -4.60. The second-order valence-corrected chi connectivity index (χ2v) is 12.1. The Labute approximate surface area is 264 Å². The Morgan fingerprint density at radius 1 is 0.956 bits per heavy atom. The van der Waals surface area contributed by atoms with Gasteiger partial charge in [0.25, 0.3) is 5.69 Å². The number of rotatable bonds is 13. The number of carbonyl (C=O) groups is 2. The van der Waals surface area contributed by atoms with E-state index in [1.54, 1.807) is 19.9 Å². The average Bonchev–Trinajstić information content (AvgIpc) is 3.01. The molecule has 1 heterocycles. The van der Waals surface area contributed by atoms with E-state index in [1.807, 2.05) is 57.3 Å². The van der Waals surface area contributed by atoms with E-state index in [0.717, 1.165) is 13.0 Å². The number of benzene rings is 3. The maximum atomic E-state index is 13.9. The number of non-ortho nitro benzene ring substituents is 1. The standard InChI is InChI=1S/C36H41N3O6/c1-24-32(31(41)22-40)34(28-17-12-18-29(21-28)39(43)44)33(25(2)37-24)35(42)45-36(3,4)23-38(5)20-19-30(26-13-8-6-9-14-26)27-15-10-7-11-16-27/h6-18,21,30,34,37,40H,19-20,22-23H2,1-5H3. The number of ether oxygens (including phenoxy) is 1. The van der Waals surface area contributed by atoms with E-state index in [2.05, 4.69) is 34.5 Å². The largest absolute Gasteiger partial charge is 0.455 e. The molecule has 1 atom stereocenters. The summed E-state index contributed by atoms with van der Waals surface area (Å²) in [6.07, 6.45) is 0.855. The molecule has 0 amide bonds. The zero-order valence-electron chi connectivity index (χ0n) is 26.4. The number of nitro benzene ring substituents is 1. The highest BCUT2D eigenvalue weighted by Crippen LogP contribution is 2.40. The molecule has 0 spiro atoms. The van der Waals surface area contributed by atoms with Crippen LogP contribution in [0.3, 0.4) is 0 Å². The van der Waals surface area contributed by atoms with Crippen molar-refractivity contribution in [1.29, 1.82) is 0 Å². The van der Waals surface area contributed by atoms with Gasteiger partial charge in [0.15, 0.2) is 5.78 Å². The molecular formula is C36H41N3O6. The first-order chi connectivity index (χ1) is 21.4. The number of nitrogens with one attached hydrogen (secondary N) is 1. The van der Waals surface area contributed by atoms with E-state index in [9.17, 15) is 24.8 Å². The van der Waals surface area contributed by atoms with E-state index >= 15 is 0 Å². The summed E-state index contributed by atoms with van der Waals surface area (Å²) in [5.41, 5.74) is 3.04. The van der Waals surface area contributed by atoms with Crippen LogP contribution in [-0.4, -0.2) is 59.0 Å². The number of nitrogens with zero attached hydrogens (tertiary/aromatic N) is 2. The summed E-state index contributed by atoms with van der Waals surface area (Å²) < 4.78 is 6.11. The molecule has 1 aliphatic heterocycles. The second kappa shape index (κ2) is 14.5. The predicted octanol–water partition coefficient (Wildman–Crippen LogP) is 5.87. The number of allylic oxidation sites excluding steroid dienone is 2. The van der Waals surface area contributed by atoms with Gasteiger partial charge in [0.05, 0.1) is 10.5 Å². The van der Waals surface area contributed by atoms with Gasteiger partial charge in [0.2, 0.25) is 0 Å². The number of Topliss-reactive ketones (excluding diaryl/α,β-unsaturated/α-hetero) is 1. The number of hydrogen-bond donors (Lipinski definition) is 2. The van der Waals surface area contributed by atoms with E-state index < -0.39 is 34.8 Å². The molecule has 0 aromatic heterocycles. The van der Waals surface area contributed by atoms with Gasteiger partial charge < -0.3 is 20.1 Å². The van der Waals surface area contributed by atoms with Crippen LogP contribution in [0.25, 0.3) is 0 Å². The monoisotopic (exact) mass is 611 g/mol. The van der Waals surface area contributed by atoms with Crippen LogP contribution in [0.1, 0.15) is 62.6 Å². The number of aliphatic hydroxyl groups excluding tert-OH is 1. The molecule has 1 unspecified atom stereocenters. The van der Waals surface area contributed by atoms with Gasteiger partial charge in [-0.15, -0.1) is 0 Å². The van der Waals surface area contributed by atoms with Crippen molar-refractivity contribution in [1.82, 2.24) is 10.2 Å². The number of nitro groups is 1. The molecule has 0 saturated heterocycles. The molecule has 45 heavy (non-hydrogen) atoms. The van der Waals surface area contributed by atoms with Crippen molar-refractivity contribution in [2.75, 3.05) is 26.7 Å². The lowest BCUT2D eigenvalue weighted by molar-refractivity contribution is -0.384. The molecule has 0 aliphatic carbocycles. The topological polar surface area (TPSA) is 122 Å². The third-order valence-electron chi connectivity index (χ3n) is 8.06. The van der Waals surface area contributed by atoms with Crippen LogP contribution in [0, 0.1) is 10.1 Å². The van der Waals surface area contributed by atoms with E-state index in [4.69, 9.17) is 4.74 Å². The highest BCUT2D eigenvalue weighted by Gasteiger charge is 2.39. The quantitative estimate of drug-likeness (QED) is 0.140. The molecule has 0 saturated carbocycles. The van der Waals surface area contributed by atoms with Gasteiger partial charge in [-0.1, -0.05) is 72.8 Å². The summed E-state index contributed by atoms with van der Waals surface area (Å²) in [6, 6.07) is 26.6. The van der Waals surface area contributed by atoms with Crippen molar-refractivity contribution in [2.45, 2.75) is 51.6 Å². The van der Waals surface area contributed by atoms with Crippen LogP contribution in [0.15, 0.2) is 107 Å². The lowest BCUT2D eigenvalue weighted by Gasteiger charge is -2.35. The molecule has 3 aromatic rings. The number of carbonyl (C=O) groups excluding carboxylic acids is 2. The Balaban J connectivity index is 1.54. The van der Waals surface area contributed by atoms with Crippen LogP contribution in [0.4, 0.5) is 5.69 Å². The van der Waals surface area contributed by atoms with E-state index in [1.165, 1.54) is 29.3 Å². The lowest BCUT2D eigenvalue weighted by atomic mass is 9.78. The van der Waals surface area contributed by atoms with Crippen molar-refractivity contribution in [3.63, 3.8) is 0 Å². The number of aliphatic hydroxyl groups is 1. The Kier molecular flexibility index (Phi) is 10.7. The average molecular weight is 612 g/mol. The summed E-state index contributed by atoms with van der Waals surface area (Å²) in [5.74, 6) is -1.98. The molecule has 3 aromatic carbocycles. The fourth-order valence-electron chi connectivity index (χ4n) is 6.18. The van der Waals surface area contributed by atoms with Gasteiger partial charge in [-0.3, -0.25) is 14.9 Å². The highest BCUT2D eigenvalue weighted by molar-refractivity contribution is 6.03. The van der Waals surface area contributed by atoms with Gasteiger partial charge in [-0.05, 0) is 64.4 Å². The first kappa shape index (κ1) is 33.3. The molecule has 0 bridgehead atoms. The molecule has 9 nitrogen and oxygen atoms in total. The summed E-state index contributed by atoms with van der Waals surface area (Å²) in [4.78, 5) is 40.1. The first-order valence-corrected chi connectivity index (χ1v) is 15.0. The smallest absolute Gasteiger partial charge is 0.337 e. The SMILES string of the molecule is CC1=C(C(=O)CO)C(c2cccc([N+](=O)[O-])c2)C(C(=O)OC(C)(C)CN(C)CCC(c2ccccc2)c2ccccc2)=C(C)N1. The maximum absolute atomic E-state index is 13.9. The minimum absolute atomic E-state index is 0.165. The third kappa shape index (κ3) is 8.12. The summed E-state index contributed by atoms with van der Waals surface area (Å²) in [5, 5.41) is 24.4. The molecule has 236 valence electrons. The number of esters is 1. The van der Waals surface area contributed by atoms with Gasteiger partial charge in [-0.2, -0.15) is 0 Å². The molecule has 0 fully saturated rings. The number of ketones is 1. The van der Waals surface area contributed by atoms with Gasteiger partial charge in [0, 0.05) is 47.5 Å². The van der Waals surface area contributed by atoms with E-state index in [0.29, 0.717) is 23.5 Å². The normalized spacial score (nSPS) is 15.3. The van der Waals surface area contributed by atoms with Crippen molar-refractivity contribution in [2.24, 2.45) is 0 Å². The van der Waals surface area contributed by atoms with Crippen molar-refractivity contribution >= 4 is 17.4 Å². The van der Waals surface area contributed by atoms with Gasteiger partial charge in [0.1, 0.15) is 12.2 Å².